The zero-order chi connectivity index (χ0) is 21.6. The highest BCUT2D eigenvalue weighted by atomic mass is 16.4. The van der Waals surface area contributed by atoms with Crippen LogP contribution < -0.4 is 5.32 Å². The molecule has 1 aliphatic rings. The molecule has 0 bridgehead atoms. The Morgan fingerprint density at radius 2 is 1.94 bits per heavy atom. The lowest BCUT2D eigenvalue weighted by molar-refractivity contribution is 0.218. The smallest absolute Gasteiger partial charge is 0.247 e. The summed E-state index contributed by atoms with van der Waals surface area (Å²) in [6, 6.07) is 7.88. The van der Waals surface area contributed by atoms with Crippen LogP contribution in [0.4, 0.5) is 0 Å². The molecule has 3 heterocycles. The normalized spacial score (nSPS) is 21.3. The lowest BCUT2D eigenvalue weighted by Crippen LogP contribution is -2.34. The first kappa shape index (κ1) is 21.4. The topological polar surface area (TPSA) is 76.7 Å². The summed E-state index contributed by atoms with van der Waals surface area (Å²) in [6.45, 7) is 8.74. The Labute approximate surface area is 184 Å². The molecule has 0 saturated carbocycles. The summed E-state index contributed by atoms with van der Waals surface area (Å²) in [6.07, 6.45) is 11.6. The van der Waals surface area contributed by atoms with Crippen LogP contribution in [0.3, 0.4) is 0 Å². The molecule has 31 heavy (non-hydrogen) atoms. The number of hydrogen-bond donors (Lipinski definition) is 1. The zero-order valence-corrected chi connectivity index (χ0v) is 18.5. The van der Waals surface area contributed by atoms with Gasteiger partial charge in [0.15, 0.2) is 0 Å². The lowest BCUT2D eigenvalue weighted by Gasteiger charge is -2.37. The molecule has 0 radical (unpaired) electrons. The number of nitrogens with zero attached hydrogens (tertiary/aromatic N) is 4. The van der Waals surface area contributed by atoms with Crippen LogP contribution in [0.2, 0.25) is 0 Å². The van der Waals surface area contributed by atoms with E-state index in [1.807, 2.05) is 30.6 Å². The van der Waals surface area contributed by atoms with Gasteiger partial charge >= 0.3 is 0 Å². The third-order valence-corrected chi connectivity index (χ3v) is 6.33. The Morgan fingerprint density at radius 1 is 1.10 bits per heavy atom. The van der Waals surface area contributed by atoms with Crippen molar-refractivity contribution < 1.29 is 4.42 Å². The van der Waals surface area contributed by atoms with E-state index in [2.05, 4.69) is 58.4 Å². The van der Waals surface area contributed by atoms with Gasteiger partial charge in [-0.25, -0.2) is 0 Å². The van der Waals surface area contributed by atoms with Crippen molar-refractivity contribution in [3.63, 3.8) is 0 Å². The van der Waals surface area contributed by atoms with Crippen molar-refractivity contribution in [2.75, 3.05) is 6.54 Å². The molecule has 0 saturated heterocycles. The zero-order valence-electron chi connectivity index (χ0n) is 18.5. The van der Waals surface area contributed by atoms with Crippen LogP contribution >= 0.6 is 0 Å². The van der Waals surface area contributed by atoms with Gasteiger partial charge in [-0.1, -0.05) is 31.6 Å². The van der Waals surface area contributed by atoms with Gasteiger partial charge in [0, 0.05) is 49.9 Å². The van der Waals surface area contributed by atoms with Gasteiger partial charge in [0.05, 0.1) is 0 Å². The van der Waals surface area contributed by atoms with E-state index in [1.165, 1.54) is 11.1 Å². The van der Waals surface area contributed by atoms with Crippen LogP contribution in [0.1, 0.15) is 38.6 Å². The first-order valence-electron chi connectivity index (χ1n) is 11.1. The van der Waals surface area contributed by atoms with Crippen molar-refractivity contribution >= 4 is 0 Å². The van der Waals surface area contributed by atoms with E-state index in [1.54, 1.807) is 12.4 Å². The Bertz CT molecular complexity index is 983. The second-order valence-corrected chi connectivity index (χ2v) is 8.85. The van der Waals surface area contributed by atoms with Gasteiger partial charge in [-0.15, -0.1) is 10.2 Å². The van der Waals surface area contributed by atoms with Crippen molar-refractivity contribution in [3.05, 3.63) is 72.2 Å². The molecular formula is C25H31N5O. The molecule has 0 amide bonds. The first-order valence-corrected chi connectivity index (χ1v) is 11.1. The van der Waals surface area contributed by atoms with Gasteiger partial charge in [-0.3, -0.25) is 9.97 Å². The summed E-state index contributed by atoms with van der Waals surface area (Å²) in [5.74, 6) is 3.48. The van der Waals surface area contributed by atoms with Crippen molar-refractivity contribution in [2.45, 2.75) is 40.2 Å². The van der Waals surface area contributed by atoms with E-state index < -0.39 is 0 Å². The SMILES string of the molecule is CC1=C[C@@H](CNCc2cccnc2)[C@H](C(C)C)C[C@H]1Cc1nnc(-c2ccncc2)o1. The quantitative estimate of drug-likeness (QED) is 0.535. The fourth-order valence-corrected chi connectivity index (χ4v) is 4.55. The van der Waals surface area contributed by atoms with E-state index in [0.717, 1.165) is 31.5 Å². The number of allylic oxidation sites excluding steroid dienone is 1. The molecule has 6 nitrogen and oxygen atoms in total. The van der Waals surface area contributed by atoms with Crippen LogP contribution in [-0.4, -0.2) is 26.7 Å². The van der Waals surface area contributed by atoms with E-state index in [9.17, 15) is 0 Å². The van der Waals surface area contributed by atoms with Gasteiger partial charge in [-0.2, -0.15) is 0 Å². The van der Waals surface area contributed by atoms with Crippen LogP contribution in [0, 0.1) is 23.7 Å². The van der Waals surface area contributed by atoms with E-state index in [-0.39, 0.29) is 0 Å². The van der Waals surface area contributed by atoms with Crippen LogP contribution in [0.25, 0.3) is 11.5 Å². The Hall–Kier alpha value is -2.86. The number of hydrogen-bond acceptors (Lipinski definition) is 6. The summed E-state index contributed by atoms with van der Waals surface area (Å²) in [7, 11) is 0. The highest BCUT2D eigenvalue weighted by Crippen LogP contribution is 2.38. The Morgan fingerprint density at radius 3 is 2.68 bits per heavy atom. The molecule has 1 N–H and O–H groups in total. The molecule has 4 rings (SSSR count). The minimum absolute atomic E-state index is 0.438. The number of nitrogens with one attached hydrogen (secondary N) is 1. The second kappa shape index (κ2) is 9.96. The first-order chi connectivity index (χ1) is 15.1. The van der Waals surface area contributed by atoms with Gasteiger partial charge < -0.3 is 9.73 Å². The maximum Gasteiger partial charge on any atom is 0.247 e. The molecule has 1 aliphatic carbocycles. The lowest BCUT2D eigenvalue weighted by atomic mass is 9.70. The average molecular weight is 418 g/mol. The maximum atomic E-state index is 5.96. The summed E-state index contributed by atoms with van der Waals surface area (Å²) < 4.78 is 5.96. The van der Waals surface area contributed by atoms with Gasteiger partial charge in [-0.05, 0) is 60.8 Å². The molecule has 3 atom stereocenters. The molecule has 162 valence electrons. The highest BCUT2D eigenvalue weighted by Gasteiger charge is 2.32. The third kappa shape index (κ3) is 5.44. The minimum Gasteiger partial charge on any atom is -0.421 e. The standard InChI is InChI=1S/C25H31N5O/c1-17(2)23-12-21(13-24-29-30-25(31-24)20-6-9-26-10-7-20)18(3)11-22(23)16-28-15-19-5-4-8-27-14-19/h4-11,14,17,21-23,28H,12-13,15-16H2,1-3H3/t21-,22-,23-/m0/s1. The van der Waals surface area contributed by atoms with E-state index >= 15 is 0 Å². The second-order valence-electron chi connectivity index (χ2n) is 8.85. The molecule has 0 fully saturated rings. The van der Waals surface area contributed by atoms with Crippen LogP contribution in [-0.2, 0) is 13.0 Å². The molecule has 6 heteroatoms. The largest absolute Gasteiger partial charge is 0.421 e. The number of pyridine rings is 2. The molecule has 0 unspecified atom stereocenters. The highest BCUT2D eigenvalue weighted by molar-refractivity contribution is 5.50. The third-order valence-electron chi connectivity index (χ3n) is 6.33. The average Bonchev–Trinajstić information content (AvgIpc) is 3.25. The maximum absolute atomic E-state index is 5.96. The molecule has 0 spiro atoms. The van der Waals surface area contributed by atoms with Gasteiger partial charge in [0.25, 0.3) is 0 Å². The van der Waals surface area contributed by atoms with Gasteiger partial charge in [0.1, 0.15) is 0 Å². The molecule has 0 aromatic carbocycles. The fourth-order valence-electron chi connectivity index (χ4n) is 4.55. The summed E-state index contributed by atoms with van der Waals surface area (Å²) >= 11 is 0. The number of aromatic nitrogens is 4. The molecule has 3 aromatic heterocycles. The van der Waals surface area contributed by atoms with E-state index in [4.69, 9.17) is 4.42 Å². The predicted octanol–water partition coefficient (Wildman–Crippen LogP) is 4.71. The Kier molecular flexibility index (Phi) is 6.87. The summed E-state index contributed by atoms with van der Waals surface area (Å²) in [5.41, 5.74) is 3.55. The van der Waals surface area contributed by atoms with Crippen molar-refractivity contribution in [2.24, 2.45) is 23.7 Å². The van der Waals surface area contributed by atoms with Crippen molar-refractivity contribution in [1.29, 1.82) is 0 Å². The van der Waals surface area contributed by atoms with E-state index in [0.29, 0.717) is 35.5 Å². The fraction of sp³-hybridized carbons (Fsp3) is 0.440. The molecule has 0 aliphatic heterocycles. The van der Waals surface area contributed by atoms with Crippen LogP contribution in [0.15, 0.2) is 65.1 Å². The summed E-state index contributed by atoms with van der Waals surface area (Å²) in [5, 5.41) is 12.2. The molecule has 3 aromatic rings. The Balaban J connectivity index is 1.40. The minimum atomic E-state index is 0.438. The monoisotopic (exact) mass is 417 g/mol. The summed E-state index contributed by atoms with van der Waals surface area (Å²) in [4.78, 5) is 8.25. The molecular weight excluding hydrogens is 386 g/mol. The van der Waals surface area contributed by atoms with Crippen LogP contribution in [0.5, 0.6) is 0 Å². The van der Waals surface area contributed by atoms with Crippen molar-refractivity contribution in [1.82, 2.24) is 25.5 Å². The predicted molar refractivity (Wildman–Crippen MR) is 121 cm³/mol. The number of rotatable bonds is 8. The van der Waals surface area contributed by atoms with Crippen molar-refractivity contribution in [3.8, 4) is 11.5 Å². The van der Waals surface area contributed by atoms with Gasteiger partial charge in [0.2, 0.25) is 11.8 Å².